The summed E-state index contributed by atoms with van der Waals surface area (Å²) in [6.07, 6.45) is 1.56. The number of methoxy groups -OCH3 is 1. The molecule has 0 saturated heterocycles. The van der Waals surface area contributed by atoms with Crippen molar-refractivity contribution >= 4 is 49.6 Å². The summed E-state index contributed by atoms with van der Waals surface area (Å²) < 4.78 is 39.5. The van der Waals surface area contributed by atoms with Gasteiger partial charge in [0.1, 0.15) is 5.75 Å². The molecular formula is C28H22N2O7S. The third-order valence-corrected chi connectivity index (χ3v) is 7.83. The molecule has 38 heavy (non-hydrogen) atoms. The average molecular weight is 531 g/mol. The molecule has 10 heteroatoms. The molecular weight excluding hydrogens is 508 g/mol. The number of aromatic nitrogens is 1. The van der Waals surface area contributed by atoms with Crippen molar-refractivity contribution in [3.05, 3.63) is 96.3 Å². The number of aliphatic carboxylic acids is 1. The second-order valence-electron chi connectivity index (χ2n) is 8.45. The first kappa shape index (κ1) is 25.0. The van der Waals surface area contributed by atoms with E-state index in [2.05, 4.69) is 4.98 Å². The molecule has 1 amide bonds. The Morgan fingerprint density at radius 1 is 0.947 bits per heavy atom. The minimum atomic E-state index is -4.41. The number of furan rings is 1. The molecule has 0 aliphatic heterocycles. The van der Waals surface area contributed by atoms with Crippen LogP contribution in [-0.4, -0.2) is 37.5 Å². The number of carbonyl (C=O) groups is 2. The van der Waals surface area contributed by atoms with Gasteiger partial charge in [0.15, 0.2) is 0 Å². The Morgan fingerprint density at radius 3 is 2.34 bits per heavy atom. The fourth-order valence-corrected chi connectivity index (χ4v) is 5.61. The molecule has 0 saturated carbocycles. The first-order chi connectivity index (χ1) is 18.3. The van der Waals surface area contributed by atoms with E-state index in [1.807, 2.05) is 0 Å². The standard InChI is InChI=1S/C28H22N2O7S/c1-36-20-11-9-19(10-12-20)30(38(34,35)21-13-6-18(7-14-21)8-15-25(31)32)28(33)26-22-4-2-3-5-24(22)29-27-23(26)16-17-37-27/h2-7,9-14,16-17H,8,15H2,1H3,(H,31,32). The van der Waals surface area contributed by atoms with Gasteiger partial charge in [0.2, 0.25) is 5.71 Å². The van der Waals surface area contributed by atoms with E-state index in [1.54, 1.807) is 54.6 Å². The summed E-state index contributed by atoms with van der Waals surface area (Å²) in [5, 5.41) is 9.80. The fourth-order valence-electron chi connectivity index (χ4n) is 4.21. The summed E-state index contributed by atoms with van der Waals surface area (Å²) in [5.41, 5.74) is 1.60. The maximum atomic E-state index is 14.3. The summed E-state index contributed by atoms with van der Waals surface area (Å²) in [6.45, 7) is 0. The zero-order chi connectivity index (χ0) is 26.9. The number of pyridine rings is 1. The van der Waals surface area contributed by atoms with Gasteiger partial charge in [-0.15, -0.1) is 0 Å². The average Bonchev–Trinajstić information content (AvgIpc) is 3.39. The second kappa shape index (κ2) is 9.98. The van der Waals surface area contributed by atoms with Crippen LogP contribution in [0, 0.1) is 0 Å². The number of carboxylic acids is 1. The number of aryl methyl sites for hydroxylation is 1. The monoisotopic (exact) mass is 530 g/mol. The number of rotatable bonds is 8. The Hall–Kier alpha value is -4.70. The van der Waals surface area contributed by atoms with E-state index >= 15 is 0 Å². The smallest absolute Gasteiger partial charge is 0.303 e. The molecule has 192 valence electrons. The minimum absolute atomic E-state index is 0.0849. The van der Waals surface area contributed by atoms with Gasteiger partial charge in [-0.2, -0.15) is 4.31 Å². The van der Waals surface area contributed by atoms with Gasteiger partial charge in [0, 0.05) is 11.8 Å². The lowest BCUT2D eigenvalue weighted by molar-refractivity contribution is -0.136. The van der Waals surface area contributed by atoms with Gasteiger partial charge in [0.25, 0.3) is 15.9 Å². The van der Waals surface area contributed by atoms with E-state index in [0.717, 1.165) is 4.31 Å². The lowest BCUT2D eigenvalue weighted by Gasteiger charge is -2.24. The largest absolute Gasteiger partial charge is 0.497 e. The van der Waals surface area contributed by atoms with Crippen LogP contribution in [0.5, 0.6) is 5.75 Å². The normalized spacial score (nSPS) is 11.5. The number of anilines is 1. The van der Waals surface area contributed by atoms with Crippen LogP contribution in [0.4, 0.5) is 5.69 Å². The van der Waals surface area contributed by atoms with Crippen LogP contribution < -0.4 is 9.04 Å². The molecule has 0 unspecified atom stereocenters. The Labute approximate surface area is 217 Å². The predicted molar refractivity (Wildman–Crippen MR) is 141 cm³/mol. The van der Waals surface area contributed by atoms with Crippen molar-refractivity contribution in [3.63, 3.8) is 0 Å². The van der Waals surface area contributed by atoms with Crippen molar-refractivity contribution in [1.82, 2.24) is 4.98 Å². The zero-order valence-electron chi connectivity index (χ0n) is 20.2. The molecule has 0 radical (unpaired) electrons. The predicted octanol–water partition coefficient (Wildman–Crippen LogP) is 5.04. The quantitative estimate of drug-likeness (QED) is 0.296. The second-order valence-corrected chi connectivity index (χ2v) is 10.2. The van der Waals surface area contributed by atoms with E-state index in [9.17, 15) is 18.0 Å². The Bertz CT molecular complexity index is 1760. The molecule has 5 aromatic rings. The number of carboxylic acid groups (broad SMARTS) is 1. The highest BCUT2D eigenvalue weighted by molar-refractivity contribution is 7.93. The van der Waals surface area contributed by atoms with Gasteiger partial charge in [-0.25, -0.2) is 13.4 Å². The number of hydrogen-bond acceptors (Lipinski definition) is 7. The number of sulfonamides is 1. The van der Waals surface area contributed by atoms with Crippen LogP contribution in [-0.2, 0) is 21.2 Å². The summed E-state index contributed by atoms with van der Waals surface area (Å²) in [5.74, 6) is -1.24. The van der Waals surface area contributed by atoms with Gasteiger partial charge < -0.3 is 14.3 Å². The van der Waals surface area contributed by atoms with E-state index in [1.165, 1.54) is 37.6 Å². The zero-order valence-corrected chi connectivity index (χ0v) is 21.0. The van der Waals surface area contributed by atoms with Crippen LogP contribution in [0.15, 0.2) is 94.4 Å². The number of benzene rings is 3. The van der Waals surface area contributed by atoms with Crippen molar-refractivity contribution in [2.75, 3.05) is 11.4 Å². The summed E-state index contributed by atoms with van der Waals surface area (Å²) in [6, 6.07) is 20.5. The van der Waals surface area contributed by atoms with E-state index < -0.39 is 21.9 Å². The van der Waals surface area contributed by atoms with Gasteiger partial charge in [-0.05, 0) is 60.5 Å². The topological polar surface area (TPSA) is 127 Å². The molecule has 3 aromatic carbocycles. The summed E-state index contributed by atoms with van der Waals surface area (Å²) >= 11 is 0. The molecule has 2 heterocycles. The van der Waals surface area contributed by atoms with Crippen molar-refractivity contribution in [2.45, 2.75) is 17.7 Å². The van der Waals surface area contributed by atoms with Crippen molar-refractivity contribution in [1.29, 1.82) is 0 Å². The maximum absolute atomic E-state index is 14.3. The van der Waals surface area contributed by atoms with Gasteiger partial charge >= 0.3 is 5.97 Å². The summed E-state index contributed by atoms with van der Waals surface area (Å²) in [7, 11) is -2.93. The number of carbonyl (C=O) groups excluding carboxylic acids is 1. The molecule has 5 rings (SSSR count). The van der Waals surface area contributed by atoms with Crippen LogP contribution in [0.3, 0.4) is 0 Å². The first-order valence-corrected chi connectivity index (χ1v) is 13.0. The Kier molecular flexibility index (Phi) is 6.56. The highest BCUT2D eigenvalue weighted by atomic mass is 32.2. The van der Waals surface area contributed by atoms with Crippen LogP contribution >= 0.6 is 0 Å². The highest BCUT2D eigenvalue weighted by Gasteiger charge is 2.34. The number of para-hydroxylation sites is 1. The third kappa shape index (κ3) is 4.57. The lowest BCUT2D eigenvalue weighted by Crippen LogP contribution is -2.37. The van der Waals surface area contributed by atoms with Gasteiger partial charge in [-0.3, -0.25) is 9.59 Å². The molecule has 0 atom stereocenters. The van der Waals surface area contributed by atoms with Gasteiger partial charge in [0.05, 0.1) is 40.4 Å². The fraction of sp³-hybridized carbons (Fsp3) is 0.107. The molecule has 0 fully saturated rings. The molecule has 1 N–H and O–H groups in total. The Balaban J connectivity index is 1.67. The number of nitrogens with zero attached hydrogens (tertiary/aromatic N) is 2. The van der Waals surface area contributed by atoms with Gasteiger partial charge in [-0.1, -0.05) is 30.3 Å². The number of amides is 1. The molecule has 9 nitrogen and oxygen atoms in total. The highest BCUT2D eigenvalue weighted by Crippen LogP contribution is 2.33. The van der Waals surface area contributed by atoms with Crippen LogP contribution in [0.25, 0.3) is 22.0 Å². The van der Waals surface area contributed by atoms with Crippen LogP contribution in [0.1, 0.15) is 22.3 Å². The number of ether oxygens (including phenoxy) is 1. The van der Waals surface area contributed by atoms with Crippen molar-refractivity contribution < 1.29 is 32.3 Å². The maximum Gasteiger partial charge on any atom is 0.303 e. The van der Waals surface area contributed by atoms with E-state index in [4.69, 9.17) is 14.3 Å². The molecule has 2 aromatic heterocycles. The summed E-state index contributed by atoms with van der Waals surface area (Å²) in [4.78, 5) is 29.5. The van der Waals surface area contributed by atoms with E-state index in [-0.39, 0.29) is 34.7 Å². The van der Waals surface area contributed by atoms with Crippen molar-refractivity contribution in [2.24, 2.45) is 0 Å². The number of hydrogen-bond donors (Lipinski definition) is 1. The molecule has 0 spiro atoms. The molecule has 0 aliphatic carbocycles. The lowest BCUT2D eigenvalue weighted by atomic mass is 10.0. The SMILES string of the molecule is COc1ccc(N(C(=O)c2c3ccccc3nc3occc23)S(=O)(=O)c2ccc(CCC(=O)O)cc2)cc1. The number of fused-ring (bicyclic) bond motifs is 2. The van der Waals surface area contributed by atoms with Crippen LogP contribution in [0.2, 0.25) is 0 Å². The first-order valence-electron chi connectivity index (χ1n) is 11.6. The van der Waals surface area contributed by atoms with E-state index in [0.29, 0.717) is 27.6 Å². The minimum Gasteiger partial charge on any atom is -0.497 e. The Morgan fingerprint density at radius 2 is 1.66 bits per heavy atom. The molecule has 0 bridgehead atoms. The van der Waals surface area contributed by atoms with Crippen molar-refractivity contribution in [3.8, 4) is 5.75 Å². The molecule has 0 aliphatic rings. The third-order valence-electron chi connectivity index (χ3n) is 6.10.